The molecule has 1 aliphatic carbocycles. The minimum absolute atomic E-state index is 0.0677. The molecule has 1 saturated carbocycles. The van der Waals surface area contributed by atoms with Crippen molar-refractivity contribution < 1.29 is 8.42 Å². The summed E-state index contributed by atoms with van der Waals surface area (Å²) >= 11 is 0. The van der Waals surface area contributed by atoms with Crippen LogP contribution in [0.2, 0.25) is 0 Å². The molecule has 2 N–H and O–H groups in total. The molecule has 0 bridgehead atoms. The molecule has 2 atom stereocenters. The van der Waals surface area contributed by atoms with E-state index in [0.717, 1.165) is 44.9 Å². The molecule has 2 unspecified atom stereocenters. The highest BCUT2D eigenvalue weighted by atomic mass is 32.2. The lowest BCUT2D eigenvalue weighted by Crippen LogP contribution is -2.54. The number of hydrogen-bond donors (Lipinski definition) is 1. The van der Waals surface area contributed by atoms with Crippen LogP contribution in [0, 0.1) is 0 Å². The average Bonchev–Trinajstić information content (AvgIpc) is 2.64. The third kappa shape index (κ3) is 2.51. The topological polar surface area (TPSA) is 63.4 Å². The minimum Gasteiger partial charge on any atom is -0.324 e. The number of nitrogens with two attached hydrogens (primary N) is 1. The Hall–Kier alpha value is -0.130. The van der Waals surface area contributed by atoms with Gasteiger partial charge < -0.3 is 5.73 Å². The van der Waals surface area contributed by atoms with Crippen molar-refractivity contribution in [1.29, 1.82) is 0 Å². The Morgan fingerprint density at radius 2 is 2.12 bits per heavy atom. The van der Waals surface area contributed by atoms with Crippen LogP contribution in [0.15, 0.2) is 0 Å². The van der Waals surface area contributed by atoms with Crippen molar-refractivity contribution in [2.75, 3.05) is 12.3 Å². The maximum atomic E-state index is 12.3. The minimum atomic E-state index is -3.08. The zero-order valence-corrected chi connectivity index (χ0v) is 11.5. The van der Waals surface area contributed by atoms with Crippen molar-refractivity contribution in [3.05, 3.63) is 0 Å². The zero-order valence-electron chi connectivity index (χ0n) is 10.7. The monoisotopic (exact) mass is 260 g/mol. The molecule has 1 heterocycles. The third-order valence-electron chi connectivity index (χ3n) is 4.29. The Bertz CT molecular complexity index is 369. The highest BCUT2D eigenvalue weighted by molar-refractivity contribution is 7.89. The van der Waals surface area contributed by atoms with E-state index in [1.165, 1.54) is 0 Å². The number of unbranched alkanes of at least 4 members (excludes halogenated alkanes) is 1. The quantitative estimate of drug-likeness (QED) is 0.832. The van der Waals surface area contributed by atoms with Crippen LogP contribution in [-0.2, 0) is 10.0 Å². The summed E-state index contributed by atoms with van der Waals surface area (Å²) < 4.78 is 26.2. The highest BCUT2D eigenvalue weighted by Crippen LogP contribution is 2.39. The molecule has 0 aromatic heterocycles. The largest absolute Gasteiger partial charge is 0.324 e. The van der Waals surface area contributed by atoms with E-state index in [2.05, 4.69) is 0 Å². The summed E-state index contributed by atoms with van der Waals surface area (Å²) in [6, 6.07) is 0.0677. The third-order valence-corrected chi connectivity index (χ3v) is 6.25. The molecule has 0 radical (unpaired) electrons. The number of hydrogen-bond acceptors (Lipinski definition) is 3. The molecule has 1 saturated heterocycles. The van der Waals surface area contributed by atoms with Gasteiger partial charge in [-0.25, -0.2) is 8.42 Å². The van der Waals surface area contributed by atoms with Crippen LogP contribution in [0.25, 0.3) is 0 Å². The zero-order chi connectivity index (χ0) is 12.5. The van der Waals surface area contributed by atoms with Gasteiger partial charge in [-0.05, 0) is 25.7 Å². The van der Waals surface area contributed by atoms with Gasteiger partial charge >= 0.3 is 0 Å². The predicted octanol–water partition coefficient (Wildman–Crippen LogP) is 1.46. The van der Waals surface area contributed by atoms with Gasteiger partial charge in [-0.1, -0.05) is 26.2 Å². The van der Waals surface area contributed by atoms with Crippen molar-refractivity contribution in [3.63, 3.8) is 0 Å². The van der Waals surface area contributed by atoms with Gasteiger partial charge in [-0.3, -0.25) is 0 Å². The fourth-order valence-electron chi connectivity index (χ4n) is 3.22. The van der Waals surface area contributed by atoms with Gasteiger partial charge in [-0.15, -0.1) is 0 Å². The first-order chi connectivity index (χ1) is 7.99. The van der Waals surface area contributed by atoms with Gasteiger partial charge in [0.25, 0.3) is 0 Å². The Morgan fingerprint density at radius 1 is 1.35 bits per heavy atom. The van der Waals surface area contributed by atoms with Gasteiger partial charge in [0.15, 0.2) is 0 Å². The maximum absolute atomic E-state index is 12.3. The molecule has 0 aromatic rings. The van der Waals surface area contributed by atoms with Gasteiger partial charge in [0, 0.05) is 18.1 Å². The van der Waals surface area contributed by atoms with Gasteiger partial charge in [0.1, 0.15) is 0 Å². The van der Waals surface area contributed by atoms with E-state index in [-0.39, 0.29) is 17.3 Å². The van der Waals surface area contributed by atoms with Crippen LogP contribution in [0.3, 0.4) is 0 Å². The summed E-state index contributed by atoms with van der Waals surface area (Å²) in [5.74, 6) is 0.288. The van der Waals surface area contributed by atoms with E-state index in [9.17, 15) is 8.42 Å². The Morgan fingerprint density at radius 3 is 2.82 bits per heavy atom. The van der Waals surface area contributed by atoms with Crippen LogP contribution in [0.1, 0.15) is 51.9 Å². The van der Waals surface area contributed by atoms with Gasteiger partial charge in [0.2, 0.25) is 10.0 Å². The molecule has 100 valence electrons. The summed E-state index contributed by atoms with van der Waals surface area (Å²) in [5, 5.41) is 0. The molecular formula is C12H24N2O2S. The maximum Gasteiger partial charge on any atom is 0.214 e. The number of sulfonamides is 1. The van der Waals surface area contributed by atoms with Crippen LogP contribution < -0.4 is 5.73 Å². The van der Waals surface area contributed by atoms with Crippen molar-refractivity contribution in [2.24, 2.45) is 5.73 Å². The van der Waals surface area contributed by atoms with E-state index < -0.39 is 10.0 Å². The smallest absolute Gasteiger partial charge is 0.214 e. The van der Waals surface area contributed by atoms with Crippen LogP contribution >= 0.6 is 0 Å². The lowest BCUT2D eigenvalue weighted by Gasteiger charge is -2.38. The summed E-state index contributed by atoms with van der Waals surface area (Å²) in [6.07, 6.45) is 6.70. The second-order valence-corrected chi connectivity index (χ2v) is 7.57. The molecule has 0 aromatic carbocycles. The van der Waals surface area contributed by atoms with E-state index in [1.54, 1.807) is 4.31 Å². The fraction of sp³-hybridized carbons (Fsp3) is 1.00. The lowest BCUT2D eigenvalue weighted by atomic mass is 9.79. The highest BCUT2D eigenvalue weighted by Gasteiger charge is 2.49. The Kier molecular flexibility index (Phi) is 3.80. The van der Waals surface area contributed by atoms with Gasteiger partial charge in [-0.2, -0.15) is 4.31 Å². The molecule has 0 amide bonds. The van der Waals surface area contributed by atoms with Crippen molar-refractivity contribution >= 4 is 10.0 Å². The van der Waals surface area contributed by atoms with Crippen molar-refractivity contribution in [1.82, 2.24) is 4.31 Å². The molecule has 2 aliphatic rings. The summed E-state index contributed by atoms with van der Waals surface area (Å²) in [6.45, 7) is 2.65. The Labute approximate surface area is 105 Å². The molecule has 1 aliphatic heterocycles. The molecule has 17 heavy (non-hydrogen) atoms. The standard InChI is InChI=1S/C12H24N2O2S/c1-2-3-10-17(15,16)14-9-8-12(13)7-5-4-6-11(12)14/h11H,2-10,13H2,1H3. The van der Waals surface area contributed by atoms with Crippen LogP contribution in [0.4, 0.5) is 0 Å². The van der Waals surface area contributed by atoms with E-state index >= 15 is 0 Å². The second-order valence-electron chi connectivity index (χ2n) is 5.53. The molecule has 2 rings (SSSR count). The molecule has 0 spiro atoms. The van der Waals surface area contributed by atoms with E-state index in [1.807, 2.05) is 6.92 Å². The molecule has 4 nitrogen and oxygen atoms in total. The van der Waals surface area contributed by atoms with Crippen molar-refractivity contribution in [2.45, 2.75) is 63.5 Å². The average molecular weight is 260 g/mol. The molecular weight excluding hydrogens is 236 g/mol. The Balaban J connectivity index is 2.12. The first-order valence-electron chi connectivity index (χ1n) is 6.78. The SMILES string of the molecule is CCCCS(=O)(=O)N1CCC2(N)CCCCC12. The second kappa shape index (κ2) is 4.86. The number of rotatable bonds is 4. The summed E-state index contributed by atoms with van der Waals surface area (Å²) in [7, 11) is -3.08. The van der Waals surface area contributed by atoms with Crippen LogP contribution in [-0.4, -0.2) is 36.6 Å². The summed E-state index contributed by atoms with van der Waals surface area (Å²) in [5.41, 5.74) is 6.14. The predicted molar refractivity (Wildman–Crippen MR) is 69.2 cm³/mol. The number of fused-ring (bicyclic) bond motifs is 1. The van der Waals surface area contributed by atoms with E-state index in [0.29, 0.717) is 6.54 Å². The fourth-order valence-corrected chi connectivity index (χ4v) is 5.18. The summed E-state index contributed by atoms with van der Waals surface area (Å²) in [4.78, 5) is 0. The first kappa shape index (κ1) is 13.3. The first-order valence-corrected chi connectivity index (χ1v) is 8.39. The lowest BCUT2D eigenvalue weighted by molar-refractivity contribution is 0.222. The van der Waals surface area contributed by atoms with Crippen molar-refractivity contribution in [3.8, 4) is 0 Å². The van der Waals surface area contributed by atoms with E-state index in [4.69, 9.17) is 5.73 Å². The molecule has 5 heteroatoms. The van der Waals surface area contributed by atoms with Gasteiger partial charge in [0.05, 0.1) is 5.75 Å². The normalized spacial score (nSPS) is 34.8. The number of nitrogens with zero attached hydrogens (tertiary/aromatic N) is 1. The van der Waals surface area contributed by atoms with Crippen LogP contribution in [0.5, 0.6) is 0 Å². The molecule has 2 fully saturated rings.